The van der Waals surface area contributed by atoms with Crippen LogP contribution in [0.15, 0.2) is 48.5 Å². The molecule has 0 radical (unpaired) electrons. The second kappa shape index (κ2) is 6.95. The summed E-state index contributed by atoms with van der Waals surface area (Å²) >= 11 is 0. The van der Waals surface area contributed by atoms with Gasteiger partial charge in [0.2, 0.25) is 0 Å². The maximum atomic E-state index is 13.5. The maximum Gasteiger partial charge on any atom is 0.335 e. The van der Waals surface area contributed by atoms with E-state index in [1.165, 1.54) is 47.4 Å². The number of benzene rings is 2. The number of aromatic carboxylic acids is 1. The number of nitrogens with zero attached hydrogens (tertiary/aromatic N) is 1. The average Bonchev–Trinajstić information content (AvgIpc) is 3.07. The molecule has 1 aliphatic heterocycles. The van der Waals surface area contributed by atoms with Crippen LogP contribution >= 0.6 is 0 Å². The number of carbonyl (C=O) groups is 3. The minimum atomic E-state index is -1.15. The lowest BCUT2D eigenvalue weighted by atomic mass is 9.89. The van der Waals surface area contributed by atoms with Crippen molar-refractivity contribution in [3.63, 3.8) is 0 Å². The summed E-state index contributed by atoms with van der Waals surface area (Å²) in [6, 6.07) is 11.3. The Balaban J connectivity index is 1.88. The van der Waals surface area contributed by atoms with E-state index < -0.39 is 35.5 Å². The third-order valence-electron chi connectivity index (χ3n) is 4.56. The highest BCUT2D eigenvalue weighted by Crippen LogP contribution is 2.34. The summed E-state index contributed by atoms with van der Waals surface area (Å²) in [4.78, 5) is 36.7. The highest BCUT2D eigenvalue weighted by Gasteiger charge is 2.40. The van der Waals surface area contributed by atoms with Crippen molar-refractivity contribution in [2.24, 2.45) is 5.92 Å². The maximum absolute atomic E-state index is 13.5. The van der Waals surface area contributed by atoms with Crippen LogP contribution in [-0.4, -0.2) is 46.0 Å². The number of carbonyl (C=O) groups excluding carboxylic acids is 1. The fourth-order valence-corrected chi connectivity index (χ4v) is 3.26. The van der Waals surface area contributed by atoms with Gasteiger partial charge in [-0.3, -0.25) is 9.59 Å². The number of amides is 1. The number of carboxylic acids is 2. The zero-order chi connectivity index (χ0) is 18.8. The molecule has 0 aromatic heterocycles. The molecule has 0 bridgehead atoms. The van der Waals surface area contributed by atoms with Crippen LogP contribution in [0.4, 0.5) is 4.39 Å². The van der Waals surface area contributed by atoms with Crippen molar-refractivity contribution in [2.75, 3.05) is 13.1 Å². The lowest BCUT2D eigenvalue weighted by molar-refractivity contribution is -0.141. The second-order valence-corrected chi connectivity index (χ2v) is 6.20. The van der Waals surface area contributed by atoms with Gasteiger partial charge in [0.25, 0.3) is 5.91 Å². The monoisotopic (exact) mass is 357 g/mol. The standard InChI is InChI=1S/C19H16FNO5/c20-14-6-2-3-11(8-14)15-9-21(10-16(15)19(25)26)17(22)12-4-1-5-13(7-12)18(23)24/h1-8,15-16H,9-10H2,(H,23,24)(H,25,26). The Morgan fingerprint density at radius 1 is 0.962 bits per heavy atom. The normalized spacial score (nSPS) is 19.3. The molecule has 1 amide bonds. The van der Waals surface area contributed by atoms with Gasteiger partial charge in [-0.15, -0.1) is 0 Å². The molecule has 26 heavy (non-hydrogen) atoms. The highest BCUT2D eigenvalue weighted by atomic mass is 19.1. The van der Waals surface area contributed by atoms with Crippen molar-refractivity contribution < 1.29 is 29.0 Å². The number of rotatable bonds is 4. The lowest BCUT2D eigenvalue weighted by Gasteiger charge is -2.17. The SMILES string of the molecule is O=C(O)c1cccc(C(=O)N2CC(C(=O)O)C(c3cccc(F)c3)C2)c1. The number of halogens is 1. The zero-order valence-electron chi connectivity index (χ0n) is 13.6. The van der Waals surface area contributed by atoms with E-state index in [9.17, 15) is 23.9 Å². The molecule has 6 nitrogen and oxygen atoms in total. The van der Waals surface area contributed by atoms with Gasteiger partial charge in [0, 0.05) is 24.6 Å². The quantitative estimate of drug-likeness (QED) is 0.876. The van der Waals surface area contributed by atoms with Crippen LogP contribution in [0.25, 0.3) is 0 Å². The average molecular weight is 357 g/mol. The summed E-state index contributed by atoms with van der Waals surface area (Å²) in [6.45, 7) is 0.100. The minimum absolute atomic E-state index is 0.0212. The van der Waals surface area contributed by atoms with Gasteiger partial charge in [0.15, 0.2) is 0 Å². The molecule has 2 unspecified atom stereocenters. The summed E-state index contributed by atoms with van der Waals surface area (Å²) in [5, 5.41) is 18.5. The molecule has 1 aliphatic rings. The Morgan fingerprint density at radius 3 is 2.31 bits per heavy atom. The van der Waals surface area contributed by atoms with Gasteiger partial charge >= 0.3 is 11.9 Å². The molecule has 1 heterocycles. The van der Waals surface area contributed by atoms with Crippen molar-refractivity contribution in [3.8, 4) is 0 Å². The molecule has 2 aromatic rings. The van der Waals surface area contributed by atoms with Crippen molar-refractivity contribution >= 4 is 17.8 Å². The molecule has 0 aliphatic carbocycles. The van der Waals surface area contributed by atoms with E-state index in [1.807, 2.05) is 0 Å². The lowest BCUT2D eigenvalue weighted by Crippen LogP contribution is -2.30. The molecule has 2 aromatic carbocycles. The van der Waals surface area contributed by atoms with Crippen molar-refractivity contribution in [1.82, 2.24) is 4.90 Å². The Bertz CT molecular complexity index is 882. The first-order valence-corrected chi connectivity index (χ1v) is 7.97. The number of hydrogen-bond acceptors (Lipinski definition) is 3. The van der Waals surface area contributed by atoms with E-state index in [0.717, 1.165) is 0 Å². The predicted octanol–water partition coefficient (Wildman–Crippen LogP) is 2.46. The highest BCUT2D eigenvalue weighted by molar-refractivity contribution is 5.98. The zero-order valence-corrected chi connectivity index (χ0v) is 13.6. The molecule has 0 spiro atoms. The molecule has 1 saturated heterocycles. The summed E-state index contributed by atoms with van der Waals surface area (Å²) < 4.78 is 13.5. The van der Waals surface area contributed by atoms with Gasteiger partial charge in [-0.2, -0.15) is 0 Å². The first-order chi connectivity index (χ1) is 12.4. The number of aliphatic carboxylic acids is 1. The van der Waals surface area contributed by atoms with Gasteiger partial charge in [-0.1, -0.05) is 18.2 Å². The summed E-state index contributed by atoms with van der Waals surface area (Å²) in [6.07, 6.45) is 0. The second-order valence-electron chi connectivity index (χ2n) is 6.20. The van der Waals surface area contributed by atoms with Crippen LogP contribution in [0.3, 0.4) is 0 Å². The van der Waals surface area contributed by atoms with E-state index in [1.54, 1.807) is 6.07 Å². The third kappa shape index (κ3) is 3.42. The largest absolute Gasteiger partial charge is 0.481 e. The molecule has 1 fully saturated rings. The molecule has 2 atom stereocenters. The number of carboxylic acid groups (broad SMARTS) is 2. The molecular formula is C19H16FNO5. The van der Waals surface area contributed by atoms with Crippen molar-refractivity contribution in [3.05, 3.63) is 71.0 Å². The molecular weight excluding hydrogens is 341 g/mol. The van der Waals surface area contributed by atoms with Crippen LogP contribution in [0, 0.1) is 11.7 Å². The molecule has 7 heteroatoms. The van der Waals surface area contributed by atoms with Gasteiger partial charge in [0.05, 0.1) is 11.5 Å². The molecule has 2 N–H and O–H groups in total. The van der Waals surface area contributed by atoms with Gasteiger partial charge in [0.1, 0.15) is 5.82 Å². The van der Waals surface area contributed by atoms with Crippen LogP contribution in [0.2, 0.25) is 0 Å². The molecule has 3 rings (SSSR count). The van der Waals surface area contributed by atoms with Crippen molar-refractivity contribution in [1.29, 1.82) is 0 Å². The Kier molecular flexibility index (Phi) is 4.71. The fraction of sp³-hybridized carbons (Fsp3) is 0.211. The summed E-state index contributed by atoms with van der Waals surface area (Å²) in [7, 11) is 0. The van der Waals surface area contributed by atoms with E-state index in [0.29, 0.717) is 5.56 Å². The summed E-state index contributed by atoms with van der Waals surface area (Å²) in [5.41, 5.74) is 0.674. The Morgan fingerprint density at radius 2 is 1.65 bits per heavy atom. The van der Waals surface area contributed by atoms with Gasteiger partial charge in [-0.05, 0) is 35.9 Å². The van der Waals surface area contributed by atoms with E-state index in [4.69, 9.17) is 5.11 Å². The Hall–Kier alpha value is -3.22. The van der Waals surface area contributed by atoms with Crippen LogP contribution < -0.4 is 0 Å². The summed E-state index contributed by atoms with van der Waals surface area (Å²) in [5.74, 6) is -4.52. The fourth-order valence-electron chi connectivity index (χ4n) is 3.26. The van der Waals surface area contributed by atoms with Crippen LogP contribution in [0.5, 0.6) is 0 Å². The van der Waals surface area contributed by atoms with Gasteiger partial charge < -0.3 is 15.1 Å². The molecule has 134 valence electrons. The first-order valence-electron chi connectivity index (χ1n) is 7.97. The first kappa shape index (κ1) is 17.6. The topological polar surface area (TPSA) is 94.9 Å². The van der Waals surface area contributed by atoms with Crippen LogP contribution in [-0.2, 0) is 4.79 Å². The Labute approximate surface area is 148 Å². The predicted molar refractivity (Wildman–Crippen MR) is 89.6 cm³/mol. The minimum Gasteiger partial charge on any atom is -0.481 e. The third-order valence-corrected chi connectivity index (χ3v) is 4.56. The van der Waals surface area contributed by atoms with Crippen molar-refractivity contribution in [2.45, 2.75) is 5.92 Å². The number of hydrogen-bond donors (Lipinski definition) is 2. The molecule has 0 saturated carbocycles. The number of likely N-dealkylation sites (tertiary alicyclic amines) is 1. The van der Waals surface area contributed by atoms with Gasteiger partial charge in [-0.25, -0.2) is 9.18 Å². The van der Waals surface area contributed by atoms with E-state index in [-0.39, 0.29) is 24.2 Å². The van der Waals surface area contributed by atoms with E-state index in [2.05, 4.69) is 0 Å². The van der Waals surface area contributed by atoms with Crippen LogP contribution in [0.1, 0.15) is 32.2 Å². The smallest absolute Gasteiger partial charge is 0.335 e. The van der Waals surface area contributed by atoms with E-state index >= 15 is 0 Å².